The molecule has 98 valence electrons. The standard InChI is InChI=1S/C15H16N2O2/c1-10(18)12-3-2-4-14(9-12)17-15(19)11-5-7-13(16)8-6-11/h2-10,18H,16H2,1H3,(H,17,19). The van der Waals surface area contributed by atoms with Gasteiger partial charge in [0.15, 0.2) is 0 Å². The lowest BCUT2D eigenvalue weighted by Crippen LogP contribution is -2.12. The number of aliphatic hydroxyl groups excluding tert-OH is 1. The van der Waals surface area contributed by atoms with Gasteiger partial charge in [0.1, 0.15) is 0 Å². The number of carbonyl (C=O) groups excluding carboxylic acids is 1. The third kappa shape index (κ3) is 3.33. The van der Waals surface area contributed by atoms with Crippen molar-refractivity contribution in [2.75, 3.05) is 11.1 Å². The average Bonchev–Trinajstić information content (AvgIpc) is 2.39. The van der Waals surface area contributed by atoms with Gasteiger partial charge in [0.05, 0.1) is 6.10 Å². The summed E-state index contributed by atoms with van der Waals surface area (Å²) in [4.78, 5) is 12.0. The molecule has 4 heteroatoms. The minimum absolute atomic E-state index is 0.206. The molecule has 4 nitrogen and oxygen atoms in total. The number of anilines is 2. The normalized spacial score (nSPS) is 11.9. The second kappa shape index (κ2) is 5.54. The topological polar surface area (TPSA) is 75.3 Å². The summed E-state index contributed by atoms with van der Waals surface area (Å²) in [5.41, 5.74) is 8.14. The molecule has 1 unspecified atom stereocenters. The largest absolute Gasteiger partial charge is 0.399 e. The summed E-state index contributed by atoms with van der Waals surface area (Å²) in [5, 5.41) is 12.3. The summed E-state index contributed by atoms with van der Waals surface area (Å²) < 4.78 is 0. The van der Waals surface area contributed by atoms with Crippen LogP contribution < -0.4 is 11.1 Å². The van der Waals surface area contributed by atoms with Crippen LogP contribution in [0.3, 0.4) is 0 Å². The van der Waals surface area contributed by atoms with Crippen LogP contribution in [0.1, 0.15) is 28.9 Å². The molecule has 0 heterocycles. The fraction of sp³-hybridized carbons (Fsp3) is 0.133. The first-order chi connectivity index (χ1) is 9.06. The lowest BCUT2D eigenvalue weighted by atomic mass is 10.1. The first-order valence-electron chi connectivity index (χ1n) is 6.01. The van der Waals surface area contributed by atoms with Crippen LogP contribution in [0.25, 0.3) is 0 Å². The van der Waals surface area contributed by atoms with Gasteiger partial charge in [0.25, 0.3) is 5.91 Å². The van der Waals surface area contributed by atoms with E-state index in [4.69, 9.17) is 5.73 Å². The van der Waals surface area contributed by atoms with Crippen molar-refractivity contribution in [2.24, 2.45) is 0 Å². The summed E-state index contributed by atoms with van der Waals surface area (Å²) in [6.45, 7) is 1.68. The Morgan fingerprint density at radius 2 is 1.89 bits per heavy atom. The Hall–Kier alpha value is -2.33. The number of hydrogen-bond donors (Lipinski definition) is 3. The molecule has 0 bridgehead atoms. The monoisotopic (exact) mass is 256 g/mol. The Morgan fingerprint density at radius 1 is 1.21 bits per heavy atom. The molecular formula is C15H16N2O2. The van der Waals surface area contributed by atoms with E-state index in [1.54, 1.807) is 49.4 Å². The molecule has 0 radical (unpaired) electrons. The molecule has 0 saturated heterocycles. The quantitative estimate of drug-likeness (QED) is 0.739. The molecule has 0 spiro atoms. The molecular weight excluding hydrogens is 240 g/mol. The Bertz CT molecular complexity index is 577. The smallest absolute Gasteiger partial charge is 0.255 e. The number of nitrogens with two attached hydrogens (primary N) is 1. The van der Waals surface area contributed by atoms with Crippen LogP contribution in [-0.2, 0) is 0 Å². The zero-order chi connectivity index (χ0) is 13.8. The summed E-state index contributed by atoms with van der Waals surface area (Å²) in [5.74, 6) is -0.206. The molecule has 19 heavy (non-hydrogen) atoms. The van der Waals surface area contributed by atoms with Crippen LogP contribution in [0.4, 0.5) is 11.4 Å². The van der Waals surface area contributed by atoms with E-state index < -0.39 is 6.10 Å². The van der Waals surface area contributed by atoms with Gasteiger partial charge in [-0.2, -0.15) is 0 Å². The van der Waals surface area contributed by atoms with Crippen LogP contribution >= 0.6 is 0 Å². The number of carbonyl (C=O) groups is 1. The van der Waals surface area contributed by atoms with Gasteiger partial charge in [-0.3, -0.25) is 4.79 Å². The Kier molecular flexibility index (Phi) is 3.82. The molecule has 2 rings (SSSR count). The lowest BCUT2D eigenvalue weighted by molar-refractivity contribution is 0.102. The van der Waals surface area contributed by atoms with E-state index in [1.165, 1.54) is 0 Å². The summed E-state index contributed by atoms with van der Waals surface area (Å²) in [6.07, 6.45) is -0.562. The number of nitrogens with one attached hydrogen (secondary N) is 1. The third-order valence-electron chi connectivity index (χ3n) is 2.80. The van der Waals surface area contributed by atoms with E-state index >= 15 is 0 Å². The third-order valence-corrected chi connectivity index (χ3v) is 2.80. The zero-order valence-corrected chi connectivity index (χ0v) is 10.6. The number of benzene rings is 2. The summed E-state index contributed by atoms with van der Waals surface area (Å²) >= 11 is 0. The SMILES string of the molecule is CC(O)c1cccc(NC(=O)c2ccc(N)cc2)c1. The van der Waals surface area contributed by atoms with Crippen molar-refractivity contribution in [1.29, 1.82) is 0 Å². The molecule has 2 aromatic carbocycles. The fourth-order valence-corrected chi connectivity index (χ4v) is 1.71. The first-order valence-corrected chi connectivity index (χ1v) is 6.01. The Balaban J connectivity index is 2.14. The molecule has 0 aliphatic rings. The Labute approximate surface area is 111 Å². The van der Waals surface area contributed by atoms with Crippen LogP contribution in [-0.4, -0.2) is 11.0 Å². The fourth-order valence-electron chi connectivity index (χ4n) is 1.71. The highest BCUT2D eigenvalue weighted by Crippen LogP contribution is 2.18. The predicted octanol–water partition coefficient (Wildman–Crippen LogP) is 2.57. The highest BCUT2D eigenvalue weighted by molar-refractivity contribution is 6.04. The van der Waals surface area contributed by atoms with Crippen molar-refractivity contribution >= 4 is 17.3 Å². The lowest BCUT2D eigenvalue weighted by Gasteiger charge is -2.09. The van der Waals surface area contributed by atoms with Crippen LogP contribution in [0.15, 0.2) is 48.5 Å². The summed E-state index contributed by atoms with van der Waals surface area (Å²) in [6, 6.07) is 13.8. The van der Waals surface area contributed by atoms with E-state index in [0.29, 0.717) is 16.9 Å². The highest BCUT2D eigenvalue weighted by atomic mass is 16.3. The van der Waals surface area contributed by atoms with Crippen LogP contribution in [0, 0.1) is 0 Å². The molecule has 2 aromatic rings. The van der Waals surface area contributed by atoms with Gasteiger partial charge in [-0.1, -0.05) is 12.1 Å². The molecule has 1 atom stereocenters. The van der Waals surface area contributed by atoms with Gasteiger partial charge in [0.2, 0.25) is 0 Å². The minimum Gasteiger partial charge on any atom is -0.399 e. The number of rotatable bonds is 3. The van der Waals surface area contributed by atoms with E-state index in [0.717, 1.165) is 5.56 Å². The van der Waals surface area contributed by atoms with Crippen molar-refractivity contribution in [3.05, 3.63) is 59.7 Å². The van der Waals surface area contributed by atoms with Crippen LogP contribution in [0.2, 0.25) is 0 Å². The average molecular weight is 256 g/mol. The summed E-state index contributed by atoms with van der Waals surface area (Å²) in [7, 11) is 0. The van der Waals surface area contributed by atoms with Gasteiger partial charge >= 0.3 is 0 Å². The second-order valence-corrected chi connectivity index (χ2v) is 4.38. The molecule has 0 fully saturated rings. The molecule has 1 amide bonds. The number of nitrogen functional groups attached to an aromatic ring is 1. The second-order valence-electron chi connectivity index (χ2n) is 4.38. The van der Waals surface area contributed by atoms with Gasteiger partial charge in [0, 0.05) is 16.9 Å². The molecule has 0 aliphatic heterocycles. The first kappa shape index (κ1) is 13.1. The van der Waals surface area contributed by atoms with Crippen molar-refractivity contribution in [2.45, 2.75) is 13.0 Å². The number of amides is 1. The van der Waals surface area contributed by atoms with E-state index in [-0.39, 0.29) is 5.91 Å². The van der Waals surface area contributed by atoms with Crippen LogP contribution in [0.5, 0.6) is 0 Å². The van der Waals surface area contributed by atoms with E-state index in [1.807, 2.05) is 6.07 Å². The molecule has 0 aliphatic carbocycles. The predicted molar refractivity (Wildman–Crippen MR) is 75.9 cm³/mol. The highest BCUT2D eigenvalue weighted by Gasteiger charge is 2.07. The zero-order valence-electron chi connectivity index (χ0n) is 10.6. The van der Waals surface area contributed by atoms with E-state index in [2.05, 4.69) is 5.32 Å². The van der Waals surface area contributed by atoms with Crippen molar-refractivity contribution in [3.63, 3.8) is 0 Å². The number of hydrogen-bond acceptors (Lipinski definition) is 3. The maximum absolute atomic E-state index is 12.0. The molecule has 0 saturated carbocycles. The molecule has 0 aromatic heterocycles. The maximum Gasteiger partial charge on any atom is 0.255 e. The number of aliphatic hydroxyl groups is 1. The van der Waals surface area contributed by atoms with Gasteiger partial charge < -0.3 is 16.2 Å². The Morgan fingerprint density at radius 3 is 2.53 bits per heavy atom. The van der Waals surface area contributed by atoms with E-state index in [9.17, 15) is 9.90 Å². The van der Waals surface area contributed by atoms with Crippen molar-refractivity contribution in [1.82, 2.24) is 0 Å². The van der Waals surface area contributed by atoms with Gasteiger partial charge in [-0.15, -0.1) is 0 Å². The maximum atomic E-state index is 12.0. The van der Waals surface area contributed by atoms with Gasteiger partial charge in [-0.25, -0.2) is 0 Å². The van der Waals surface area contributed by atoms with Crippen molar-refractivity contribution < 1.29 is 9.90 Å². The minimum atomic E-state index is -0.562. The molecule has 4 N–H and O–H groups in total. The van der Waals surface area contributed by atoms with Gasteiger partial charge in [-0.05, 0) is 48.9 Å². The van der Waals surface area contributed by atoms with Crippen molar-refractivity contribution in [3.8, 4) is 0 Å².